The van der Waals surface area contributed by atoms with E-state index >= 15 is 0 Å². The Kier molecular flexibility index (Phi) is 4.16. The molecule has 100 valence electrons. The zero-order chi connectivity index (χ0) is 13.8. The molecule has 2 aromatic rings. The summed E-state index contributed by atoms with van der Waals surface area (Å²) in [5.41, 5.74) is 2.33. The fourth-order valence-electron chi connectivity index (χ4n) is 1.81. The van der Waals surface area contributed by atoms with Gasteiger partial charge < -0.3 is 5.32 Å². The number of halogens is 1. The van der Waals surface area contributed by atoms with E-state index < -0.39 is 0 Å². The Hall–Kier alpha value is -1.88. The van der Waals surface area contributed by atoms with Crippen molar-refractivity contribution < 1.29 is 4.79 Å². The molecule has 0 aliphatic rings. The third-order valence-corrected chi connectivity index (χ3v) is 2.97. The summed E-state index contributed by atoms with van der Waals surface area (Å²) >= 11 is 5.83. The van der Waals surface area contributed by atoms with E-state index in [-0.39, 0.29) is 5.91 Å². The van der Waals surface area contributed by atoms with Crippen LogP contribution in [0.5, 0.6) is 0 Å². The molecule has 1 amide bonds. The smallest absolute Gasteiger partial charge is 0.251 e. The molecule has 2 rings (SSSR count). The summed E-state index contributed by atoms with van der Waals surface area (Å²) in [6.07, 6.45) is 2.48. The topological polar surface area (TPSA) is 59.8 Å². The Morgan fingerprint density at radius 3 is 2.89 bits per heavy atom. The first kappa shape index (κ1) is 13.5. The summed E-state index contributed by atoms with van der Waals surface area (Å²) in [6.45, 7) is 2.36. The van der Waals surface area contributed by atoms with Crippen LogP contribution >= 0.6 is 11.6 Å². The van der Waals surface area contributed by atoms with Crippen LogP contribution in [0.3, 0.4) is 0 Å². The molecule has 5 nitrogen and oxygen atoms in total. The lowest BCUT2D eigenvalue weighted by molar-refractivity contribution is 0.0953. The van der Waals surface area contributed by atoms with E-state index in [1.165, 1.54) is 0 Å². The van der Waals surface area contributed by atoms with E-state index in [0.29, 0.717) is 17.3 Å². The summed E-state index contributed by atoms with van der Waals surface area (Å²) in [5, 5.41) is 7.26. The number of aryl methyl sites for hydroxylation is 2. The van der Waals surface area contributed by atoms with E-state index in [4.69, 9.17) is 11.6 Å². The molecule has 2 aromatic heterocycles. The molecule has 1 N–H and O–H groups in total. The Balaban J connectivity index is 1.92. The Bertz CT molecular complexity index is 574. The first-order valence-corrected chi connectivity index (χ1v) is 6.33. The van der Waals surface area contributed by atoms with Gasteiger partial charge >= 0.3 is 0 Å². The molecule has 0 saturated heterocycles. The SMILES string of the molecule is Cc1cc(C(=O)NCCc2ccnn2C)cc(Cl)n1. The molecule has 0 fully saturated rings. The van der Waals surface area contributed by atoms with Crippen LogP contribution in [0, 0.1) is 6.92 Å². The van der Waals surface area contributed by atoms with Crippen molar-refractivity contribution >= 4 is 17.5 Å². The van der Waals surface area contributed by atoms with Crippen molar-refractivity contribution in [1.82, 2.24) is 20.1 Å². The second-order valence-corrected chi connectivity index (χ2v) is 4.66. The van der Waals surface area contributed by atoms with Crippen LogP contribution in [0.15, 0.2) is 24.4 Å². The third-order valence-electron chi connectivity index (χ3n) is 2.77. The number of aromatic nitrogens is 3. The molecule has 0 aliphatic heterocycles. The third kappa shape index (κ3) is 3.54. The van der Waals surface area contributed by atoms with E-state index in [0.717, 1.165) is 17.8 Å². The minimum absolute atomic E-state index is 0.144. The second-order valence-electron chi connectivity index (χ2n) is 4.27. The summed E-state index contributed by atoms with van der Waals surface area (Å²) in [5.74, 6) is -0.144. The number of pyridine rings is 1. The number of hydrogen-bond donors (Lipinski definition) is 1. The monoisotopic (exact) mass is 278 g/mol. The highest BCUT2D eigenvalue weighted by Gasteiger charge is 2.08. The predicted molar refractivity (Wildman–Crippen MR) is 73.2 cm³/mol. The molecule has 6 heteroatoms. The van der Waals surface area contributed by atoms with Crippen molar-refractivity contribution in [2.75, 3.05) is 6.54 Å². The summed E-state index contributed by atoms with van der Waals surface area (Å²) in [7, 11) is 1.88. The van der Waals surface area contributed by atoms with Gasteiger partial charge in [0.25, 0.3) is 5.91 Å². The maximum atomic E-state index is 11.9. The van der Waals surface area contributed by atoms with Gasteiger partial charge in [-0.3, -0.25) is 9.48 Å². The number of carbonyl (C=O) groups is 1. The Morgan fingerprint density at radius 2 is 2.26 bits per heavy atom. The van der Waals surface area contributed by atoms with Crippen molar-refractivity contribution in [2.45, 2.75) is 13.3 Å². The molecule has 0 spiro atoms. The summed E-state index contributed by atoms with van der Waals surface area (Å²) in [6, 6.07) is 5.21. The lowest BCUT2D eigenvalue weighted by Crippen LogP contribution is -2.26. The quantitative estimate of drug-likeness (QED) is 0.867. The second kappa shape index (κ2) is 5.84. The highest BCUT2D eigenvalue weighted by Crippen LogP contribution is 2.10. The molecule has 0 radical (unpaired) electrons. The lowest BCUT2D eigenvalue weighted by Gasteiger charge is -2.06. The van der Waals surface area contributed by atoms with Gasteiger partial charge in [0.2, 0.25) is 0 Å². The van der Waals surface area contributed by atoms with Crippen LogP contribution in [0.4, 0.5) is 0 Å². The first-order valence-electron chi connectivity index (χ1n) is 5.95. The molecule has 19 heavy (non-hydrogen) atoms. The van der Waals surface area contributed by atoms with Gasteiger partial charge in [0.1, 0.15) is 5.15 Å². The predicted octanol–water partition coefficient (Wildman–Crippen LogP) is 1.75. The highest BCUT2D eigenvalue weighted by atomic mass is 35.5. The van der Waals surface area contributed by atoms with Crippen molar-refractivity contribution in [3.05, 3.63) is 46.5 Å². The molecular weight excluding hydrogens is 264 g/mol. The van der Waals surface area contributed by atoms with E-state index in [2.05, 4.69) is 15.4 Å². The van der Waals surface area contributed by atoms with Crippen LogP contribution in [0.2, 0.25) is 5.15 Å². The van der Waals surface area contributed by atoms with Gasteiger partial charge in [-0.25, -0.2) is 4.98 Å². The van der Waals surface area contributed by atoms with Crippen LogP contribution < -0.4 is 5.32 Å². The minimum Gasteiger partial charge on any atom is -0.352 e. The number of amides is 1. The van der Waals surface area contributed by atoms with E-state index in [1.807, 2.05) is 13.1 Å². The Labute approximate surface area is 116 Å². The van der Waals surface area contributed by atoms with Gasteiger partial charge in [-0.15, -0.1) is 0 Å². The molecule has 0 unspecified atom stereocenters. The van der Waals surface area contributed by atoms with Crippen molar-refractivity contribution in [3.63, 3.8) is 0 Å². The largest absolute Gasteiger partial charge is 0.352 e. The molecule has 0 bridgehead atoms. The maximum Gasteiger partial charge on any atom is 0.251 e. The molecule has 2 heterocycles. The average molecular weight is 279 g/mol. The molecular formula is C13H15ClN4O. The van der Waals surface area contributed by atoms with Gasteiger partial charge in [0, 0.05) is 43.2 Å². The fourth-order valence-corrected chi connectivity index (χ4v) is 2.06. The van der Waals surface area contributed by atoms with E-state index in [9.17, 15) is 4.79 Å². The van der Waals surface area contributed by atoms with Gasteiger partial charge in [0.05, 0.1) is 0 Å². The van der Waals surface area contributed by atoms with E-state index in [1.54, 1.807) is 29.9 Å². The van der Waals surface area contributed by atoms with Crippen LogP contribution in [-0.2, 0) is 13.5 Å². The maximum absolute atomic E-state index is 11.9. The van der Waals surface area contributed by atoms with Crippen molar-refractivity contribution in [2.24, 2.45) is 7.05 Å². The number of rotatable bonds is 4. The number of hydrogen-bond acceptors (Lipinski definition) is 3. The summed E-state index contributed by atoms with van der Waals surface area (Å²) < 4.78 is 1.79. The van der Waals surface area contributed by atoms with Gasteiger partial charge in [0.15, 0.2) is 0 Å². The molecule has 0 saturated carbocycles. The zero-order valence-corrected chi connectivity index (χ0v) is 11.6. The van der Waals surface area contributed by atoms with Gasteiger partial charge in [-0.1, -0.05) is 11.6 Å². The molecule has 0 atom stereocenters. The number of nitrogens with one attached hydrogen (secondary N) is 1. The van der Waals surface area contributed by atoms with Gasteiger partial charge in [-0.05, 0) is 25.1 Å². The zero-order valence-electron chi connectivity index (χ0n) is 10.9. The lowest BCUT2D eigenvalue weighted by atomic mass is 10.2. The minimum atomic E-state index is -0.144. The standard InChI is InChI=1S/C13H15ClN4O/c1-9-7-10(8-12(14)17-9)13(19)15-5-3-11-4-6-16-18(11)2/h4,6-8H,3,5H2,1-2H3,(H,15,19). The molecule has 0 aromatic carbocycles. The van der Waals surface area contributed by atoms with Crippen LogP contribution in [0.25, 0.3) is 0 Å². The summed E-state index contributed by atoms with van der Waals surface area (Å²) in [4.78, 5) is 16.0. The number of nitrogens with zero attached hydrogens (tertiary/aromatic N) is 3. The normalized spacial score (nSPS) is 10.5. The molecule has 0 aliphatic carbocycles. The average Bonchev–Trinajstić information content (AvgIpc) is 2.74. The highest BCUT2D eigenvalue weighted by molar-refractivity contribution is 6.29. The van der Waals surface area contributed by atoms with Crippen molar-refractivity contribution in [1.29, 1.82) is 0 Å². The Morgan fingerprint density at radius 1 is 1.47 bits per heavy atom. The van der Waals surface area contributed by atoms with Gasteiger partial charge in [-0.2, -0.15) is 5.10 Å². The fraction of sp³-hybridized carbons (Fsp3) is 0.308. The first-order chi connectivity index (χ1) is 9.06. The number of carbonyl (C=O) groups excluding carboxylic acids is 1. The van der Waals surface area contributed by atoms with Crippen molar-refractivity contribution in [3.8, 4) is 0 Å². The van der Waals surface area contributed by atoms with Crippen LogP contribution in [0.1, 0.15) is 21.7 Å². The van der Waals surface area contributed by atoms with Crippen LogP contribution in [-0.4, -0.2) is 27.2 Å².